The molecule has 27 heavy (non-hydrogen) atoms. The van der Waals surface area contributed by atoms with Crippen molar-refractivity contribution in [3.8, 4) is 0 Å². The number of aliphatic carboxylic acids is 2. The van der Waals surface area contributed by atoms with Crippen LogP contribution in [-0.4, -0.2) is 63.9 Å². The van der Waals surface area contributed by atoms with Crippen LogP contribution in [0.25, 0.3) is 0 Å². The smallest absolute Gasteiger partial charge is 0.326 e. The number of primary amides is 2. The molecule has 0 heterocycles. The van der Waals surface area contributed by atoms with E-state index in [4.69, 9.17) is 27.4 Å². The van der Waals surface area contributed by atoms with E-state index in [0.29, 0.717) is 0 Å². The number of carbonyl (C=O) groups excluding carboxylic acids is 4. The molecule has 0 aromatic heterocycles. The number of rotatable bonds is 13. The zero-order valence-corrected chi connectivity index (χ0v) is 14.3. The second kappa shape index (κ2) is 11.4. The summed E-state index contributed by atoms with van der Waals surface area (Å²) < 4.78 is 0. The minimum Gasteiger partial charge on any atom is -0.481 e. The molecule has 0 fully saturated rings. The predicted molar refractivity (Wildman–Crippen MR) is 88.6 cm³/mol. The van der Waals surface area contributed by atoms with Crippen LogP contribution in [0.1, 0.15) is 32.1 Å². The Morgan fingerprint density at radius 2 is 1.26 bits per heavy atom. The number of carboxylic acids is 2. The Morgan fingerprint density at radius 1 is 0.778 bits per heavy atom. The minimum atomic E-state index is -1.74. The van der Waals surface area contributed by atoms with Crippen LogP contribution in [0.2, 0.25) is 0 Å². The summed E-state index contributed by atoms with van der Waals surface area (Å²) in [5, 5.41) is 21.8. The van der Waals surface area contributed by atoms with Gasteiger partial charge >= 0.3 is 11.9 Å². The fourth-order valence-corrected chi connectivity index (χ4v) is 1.91. The lowest BCUT2D eigenvalue weighted by molar-refractivity contribution is -0.147. The third-order valence-electron chi connectivity index (χ3n) is 3.34. The second-order valence-corrected chi connectivity index (χ2v) is 5.67. The van der Waals surface area contributed by atoms with Gasteiger partial charge in [0.25, 0.3) is 0 Å². The molecular weight excluding hydrogens is 366 g/mol. The Labute approximate surface area is 153 Å². The van der Waals surface area contributed by atoms with Crippen molar-refractivity contribution in [3.05, 3.63) is 0 Å². The Morgan fingerprint density at radius 3 is 1.70 bits per heavy atom. The van der Waals surface area contributed by atoms with E-state index in [1.807, 2.05) is 5.32 Å². The van der Waals surface area contributed by atoms with Crippen LogP contribution in [0.3, 0.4) is 0 Å². The van der Waals surface area contributed by atoms with Crippen LogP contribution in [0, 0.1) is 0 Å². The number of hydrogen-bond donors (Lipinski definition) is 7. The molecule has 0 saturated heterocycles. The zero-order chi connectivity index (χ0) is 21.1. The van der Waals surface area contributed by atoms with E-state index in [0.717, 1.165) is 0 Å². The molecule has 0 saturated carbocycles. The molecule has 10 N–H and O–H groups in total. The average molecular weight is 389 g/mol. The van der Waals surface area contributed by atoms with Crippen molar-refractivity contribution in [2.75, 3.05) is 0 Å². The van der Waals surface area contributed by atoms with E-state index < -0.39 is 60.1 Å². The number of carboxylic acid groups (broad SMARTS) is 2. The third kappa shape index (κ3) is 10.4. The van der Waals surface area contributed by atoms with Gasteiger partial charge in [-0.25, -0.2) is 4.79 Å². The molecule has 0 aliphatic carbocycles. The Balaban J connectivity index is 5.09. The first-order chi connectivity index (χ1) is 12.4. The van der Waals surface area contributed by atoms with Crippen LogP contribution in [-0.2, 0) is 28.8 Å². The van der Waals surface area contributed by atoms with Gasteiger partial charge < -0.3 is 38.0 Å². The normalized spacial score (nSPS) is 13.7. The lowest BCUT2D eigenvalue weighted by Gasteiger charge is -2.22. The highest BCUT2D eigenvalue weighted by atomic mass is 16.4. The van der Waals surface area contributed by atoms with Crippen molar-refractivity contribution < 1.29 is 39.0 Å². The van der Waals surface area contributed by atoms with E-state index in [-0.39, 0.29) is 25.7 Å². The van der Waals surface area contributed by atoms with Crippen molar-refractivity contribution in [3.63, 3.8) is 0 Å². The SMILES string of the molecule is NC(=O)CC[C@H](NC(=O)[C@@H](N)CCC(N)=O)C(=O)N[C@@H](CC(=O)O)C(=O)O. The number of hydrogen-bond acceptors (Lipinski definition) is 7. The first kappa shape index (κ1) is 23.8. The predicted octanol–water partition coefficient (Wildman–Crippen LogP) is -3.63. The van der Waals surface area contributed by atoms with Gasteiger partial charge in [-0.1, -0.05) is 0 Å². The van der Waals surface area contributed by atoms with Crippen molar-refractivity contribution >= 4 is 35.6 Å². The van der Waals surface area contributed by atoms with Crippen molar-refractivity contribution in [1.82, 2.24) is 10.6 Å². The monoisotopic (exact) mass is 389 g/mol. The van der Waals surface area contributed by atoms with Crippen LogP contribution in [0.15, 0.2) is 0 Å². The van der Waals surface area contributed by atoms with Gasteiger partial charge in [0, 0.05) is 12.8 Å². The van der Waals surface area contributed by atoms with Crippen molar-refractivity contribution in [2.45, 2.75) is 50.2 Å². The molecule has 0 aromatic rings. The second-order valence-electron chi connectivity index (χ2n) is 5.67. The van der Waals surface area contributed by atoms with Gasteiger partial charge in [-0.05, 0) is 12.8 Å². The van der Waals surface area contributed by atoms with Gasteiger partial charge in [0.1, 0.15) is 12.1 Å². The lowest BCUT2D eigenvalue weighted by atomic mass is 10.1. The van der Waals surface area contributed by atoms with Crippen LogP contribution in [0.5, 0.6) is 0 Å². The van der Waals surface area contributed by atoms with E-state index >= 15 is 0 Å². The summed E-state index contributed by atoms with van der Waals surface area (Å²) in [7, 11) is 0. The molecule has 0 rings (SSSR count). The maximum absolute atomic E-state index is 12.2. The van der Waals surface area contributed by atoms with E-state index in [9.17, 15) is 28.8 Å². The zero-order valence-electron chi connectivity index (χ0n) is 14.3. The summed E-state index contributed by atoms with van der Waals surface area (Å²) in [6.45, 7) is 0. The quantitative estimate of drug-likeness (QED) is 0.164. The number of carbonyl (C=O) groups is 6. The van der Waals surface area contributed by atoms with Gasteiger partial charge in [-0.15, -0.1) is 0 Å². The van der Waals surface area contributed by atoms with Gasteiger partial charge in [0.2, 0.25) is 23.6 Å². The standard InChI is InChI=1S/C14H23N5O8/c15-6(1-3-9(16)20)12(24)18-7(2-4-10(17)21)13(25)19-8(14(26)27)5-11(22)23/h6-8H,1-5,15H2,(H2,16,20)(H2,17,21)(H,18,24)(H,19,25)(H,22,23)(H,26,27)/t6-,7-,8-/m0/s1. The molecule has 13 nitrogen and oxygen atoms in total. The van der Waals surface area contributed by atoms with Crippen LogP contribution < -0.4 is 27.8 Å². The summed E-state index contributed by atoms with van der Waals surface area (Å²) in [5.41, 5.74) is 15.5. The number of nitrogens with two attached hydrogens (primary N) is 3. The summed E-state index contributed by atoms with van der Waals surface area (Å²) in [6, 6.07) is -4.32. The summed E-state index contributed by atoms with van der Waals surface area (Å²) in [5.74, 6) is -6.39. The molecule has 4 amide bonds. The third-order valence-corrected chi connectivity index (χ3v) is 3.34. The topological polar surface area (TPSA) is 245 Å². The first-order valence-electron chi connectivity index (χ1n) is 7.81. The van der Waals surface area contributed by atoms with Gasteiger partial charge in [-0.3, -0.25) is 24.0 Å². The first-order valence-corrected chi connectivity index (χ1v) is 7.81. The molecule has 0 aliphatic heterocycles. The molecule has 0 unspecified atom stereocenters. The summed E-state index contributed by atoms with van der Waals surface area (Å²) in [6.07, 6.45) is -1.75. The molecule has 13 heteroatoms. The maximum atomic E-state index is 12.2. The lowest BCUT2D eigenvalue weighted by Crippen LogP contribution is -2.55. The van der Waals surface area contributed by atoms with E-state index in [1.165, 1.54) is 0 Å². The highest BCUT2D eigenvalue weighted by Crippen LogP contribution is 2.03. The van der Waals surface area contributed by atoms with Crippen molar-refractivity contribution in [1.29, 1.82) is 0 Å². The van der Waals surface area contributed by atoms with Crippen molar-refractivity contribution in [2.24, 2.45) is 17.2 Å². The number of nitrogens with one attached hydrogen (secondary N) is 2. The average Bonchev–Trinajstić information content (AvgIpc) is 2.54. The van der Waals surface area contributed by atoms with E-state index in [2.05, 4.69) is 5.32 Å². The van der Waals surface area contributed by atoms with E-state index in [1.54, 1.807) is 0 Å². The molecule has 0 aromatic carbocycles. The van der Waals surface area contributed by atoms with Gasteiger partial charge in [0.05, 0.1) is 12.5 Å². The van der Waals surface area contributed by atoms with Crippen LogP contribution >= 0.6 is 0 Å². The Hall–Kier alpha value is -3.22. The molecule has 3 atom stereocenters. The summed E-state index contributed by atoms with van der Waals surface area (Å²) in [4.78, 5) is 67.6. The molecule has 0 radical (unpaired) electrons. The Kier molecular flexibility index (Phi) is 10.0. The minimum absolute atomic E-state index is 0.0951. The fourth-order valence-electron chi connectivity index (χ4n) is 1.91. The largest absolute Gasteiger partial charge is 0.481 e. The highest BCUT2D eigenvalue weighted by Gasteiger charge is 2.29. The van der Waals surface area contributed by atoms with Gasteiger partial charge in [0.15, 0.2) is 0 Å². The molecule has 0 aliphatic rings. The summed E-state index contributed by atoms with van der Waals surface area (Å²) >= 11 is 0. The van der Waals surface area contributed by atoms with Crippen LogP contribution in [0.4, 0.5) is 0 Å². The fraction of sp³-hybridized carbons (Fsp3) is 0.571. The molecule has 152 valence electrons. The Bertz CT molecular complexity index is 608. The molecule has 0 bridgehead atoms. The highest BCUT2D eigenvalue weighted by molar-refractivity contribution is 5.93. The maximum Gasteiger partial charge on any atom is 0.326 e. The molecular formula is C14H23N5O8. The molecule has 0 spiro atoms. The van der Waals surface area contributed by atoms with Gasteiger partial charge in [-0.2, -0.15) is 0 Å². The number of amides is 4.